The molecule has 0 fully saturated rings. The molecule has 1 aromatic heterocycles. The van der Waals surface area contributed by atoms with Crippen LogP contribution in [0.4, 0.5) is 0 Å². The topological polar surface area (TPSA) is 29.9 Å². The van der Waals surface area contributed by atoms with Crippen LogP contribution in [0.3, 0.4) is 0 Å². The van der Waals surface area contributed by atoms with Crippen LogP contribution in [0.5, 0.6) is 0 Å². The van der Waals surface area contributed by atoms with Crippen LogP contribution >= 0.6 is 0 Å². The highest BCUT2D eigenvalue weighted by molar-refractivity contribution is 5.69. The van der Waals surface area contributed by atoms with Gasteiger partial charge in [-0.1, -0.05) is 12.1 Å². The molecule has 0 atom stereocenters. The Morgan fingerprint density at radius 3 is 3.11 bits per heavy atom. The van der Waals surface area contributed by atoms with Crippen molar-refractivity contribution in [1.82, 2.24) is 4.98 Å². The first-order chi connectivity index (χ1) is 4.47. The Hall–Kier alpha value is -1.31. The number of hydrogen-bond donors (Lipinski definition) is 1. The number of aromatic amines is 2. The van der Waals surface area contributed by atoms with E-state index in [9.17, 15) is 0 Å². The van der Waals surface area contributed by atoms with Crippen molar-refractivity contribution in [3.8, 4) is 0 Å². The van der Waals surface area contributed by atoms with Gasteiger partial charge >= 0.3 is 0 Å². The van der Waals surface area contributed by atoms with E-state index in [0.717, 1.165) is 11.0 Å². The minimum absolute atomic E-state index is 0. The van der Waals surface area contributed by atoms with E-state index in [1.165, 1.54) is 0 Å². The molecule has 2 rings (SSSR count). The van der Waals surface area contributed by atoms with E-state index in [1.807, 2.05) is 30.6 Å². The summed E-state index contributed by atoms with van der Waals surface area (Å²) < 4.78 is 0. The largest absolute Gasteiger partial charge is 1.00 e. The van der Waals surface area contributed by atoms with Gasteiger partial charge in [0.25, 0.3) is 0 Å². The second-order valence-electron chi connectivity index (χ2n) is 1.98. The molecule has 1 aromatic carbocycles. The van der Waals surface area contributed by atoms with E-state index in [-0.39, 0.29) is 1.43 Å². The first-order valence-corrected chi connectivity index (χ1v) is 2.90. The van der Waals surface area contributed by atoms with Gasteiger partial charge in [0.15, 0.2) is 11.0 Å². The maximum Gasteiger partial charge on any atom is 0.240 e. The van der Waals surface area contributed by atoms with Gasteiger partial charge in [0, 0.05) is 0 Å². The SMILES string of the molecule is [H-].c1ccc2[nH+]c[nH]c2c1. The Bertz CT molecular complexity index is 286. The van der Waals surface area contributed by atoms with E-state index >= 15 is 0 Å². The van der Waals surface area contributed by atoms with Crippen LogP contribution < -0.4 is 4.98 Å². The van der Waals surface area contributed by atoms with E-state index in [0.29, 0.717) is 0 Å². The number of hydrogen-bond acceptors (Lipinski definition) is 0. The quantitative estimate of drug-likeness (QED) is 0.539. The van der Waals surface area contributed by atoms with E-state index in [1.54, 1.807) is 0 Å². The number of para-hydroxylation sites is 2. The summed E-state index contributed by atoms with van der Waals surface area (Å²) >= 11 is 0. The van der Waals surface area contributed by atoms with Gasteiger partial charge in [0.2, 0.25) is 6.33 Å². The highest BCUT2D eigenvalue weighted by Gasteiger charge is 1.95. The van der Waals surface area contributed by atoms with Crippen molar-refractivity contribution in [3.63, 3.8) is 0 Å². The lowest BCUT2D eigenvalue weighted by molar-refractivity contribution is -0.344. The fourth-order valence-corrected chi connectivity index (χ4v) is 0.926. The average Bonchev–Trinajstić information content (AvgIpc) is 2.33. The summed E-state index contributed by atoms with van der Waals surface area (Å²) in [6.07, 6.45) is 1.82. The Kier molecular flexibility index (Phi) is 0.803. The number of benzene rings is 1. The summed E-state index contributed by atoms with van der Waals surface area (Å²) in [5, 5.41) is 0. The molecule has 9 heavy (non-hydrogen) atoms. The van der Waals surface area contributed by atoms with Gasteiger partial charge in [0.05, 0.1) is 0 Å². The van der Waals surface area contributed by atoms with Gasteiger partial charge < -0.3 is 1.43 Å². The highest BCUT2D eigenvalue weighted by atomic mass is 14.9. The standard InChI is InChI=1S/C7H6N2.H/c1-2-4-7-6(3-1)8-5-9-7;/h1-5H,(H,8,9);/q;-1/p+1. The van der Waals surface area contributed by atoms with Gasteiger partial charge in [-0.05, 0) is 12.1 Å². The molecule has 0 saturated carbocycles. The molecule has 0 unspecified atom stereocenters. The molecule has 2 nitrogen and oxygen atoms in total. The molecule has 0 radical (unpaired) electrons. The molecule has 0 amide bonds. The molecule has 0 aliphatic rings. The lowest BCUT2D eigenvalue weighted by atomic mass is 10.3. The number of nitrogens with one attached hydrogen (secondary N) is 2. The van der Waals surface area contributed by atoms with Crippen LogP contribution in [0.15, 0.2) is 30.6 Å². The molecule has 0 bridgehead atoms. The van der Waals surface area contributed by atoms with Crippen LogP contribution in [-0.4, -0.2) is 4.98 Å². The number of imidazole rings is 1. The van der Waals surface area contributed by atoms with E-state index < -0.39 is 0 Å². The molecule has 0 saturated heterocycles. The Morgan fingerprint density at radius 1 is 1.33 bits per heavy atom. The predicted octanol–water partition coefficient (Wildman–Crippen LogP) is 1.09. The third-order valence-corrected chi connectivity index (χ3v) is 1.38. The molecular weight excluding hydrogens is 112 g/mol. The third-order valence-electron chi connectivity index (χ3n) is 1.38. The van der Waals surface area contributed by atoms with E-state index in [2.05, 4.69) is 9.97 Å². The number of H-pyrrole nitrogens is 2. The van der Waals surface area contributed by atoms with Crippen molar-refractivity contribution < 1.29 is 6.41 Å². The third kappa shape index (κ3) is 0.598. The molecular formula is C7H8N2. The fraction of sp³-hybridized carbons (Fsp3) is 0. The van der Waals surface area contributed by atoms with Crippen molar-refractivity contribution in [1.29, 1.82) is 0 Å². The smallest absolute Gasteiger partial charge is 0.240 e. The van der Waals surface area contributed by atoms with Crippen LogP contribution in [0.2, 0.25) is 0 Å². The highest BCUT2D eigenvalue weighted by Crippen LogP contribution is 2.01. The van der Waals surface area contributed by atoms with Crippen molar-refractivity contribution in [2.45, 2.75) is 0 Å². The molecule has 0 aliphatic heterocycles. The van der Waals surface area contributed by atoms with Gasteiger partial charge in [-0.3, -0.25) is 0 Å². The first-order valence-electron chi connectivity index (χ1n) is 2.90. The Morgan fingerprint density at radius 2 is 2.22 bits per heavy atom. The maximum atomic E-state index is 3.06. The molecule has 2 N–H and O–H groups in total. The van der Waals surface area contributed by atoms with Gasteiger partial charge in [-0.25, -0.2) is 9.97 Å². The lowest BCUT2D eigenvalue weighted by Crippen LogP contribution is -1.92. The second kappa shape index (κ2) is 1.58. The first kappa shape index (κ1) is 4.56. The van der Waals surface area contributed by atoms with Gasteiger partial charge in [0.1, 0.15) is 0 Å². The summed E-state index contributed by atoms with van der Waals surface area (Å²) in [6, 6.07) is 8.08. The summed E-state index contributed by atoms with van der Waals surface area (Å²) in [6.45, 7) is 0. The Labute approximate surface area is 54.0 Å². The fourth-order valence-electron chi connectivity index (χ4n) is 0.926. The monoisotopic (exact) mass is 120 g/mol. The summed E-state index contributed by atoms with van der Waals surface area (Å²) in [7, 11) is 0. The molecule has 46 valence electrons. The van der Waals surface area contributed by atoms with Crippen molar-refractivity contribution >= 4 is 11.0 Å². The van der Waals surface area contributed by atoms with Crippen molar-refractivity contribution in [3.05, 3.63) is 30.6 Å². The van der Waals surface area contributed by atoms with Crippen molar-refractivity contribution in [2.24, 2.45) is 0 Å². The zero-order valence-electron chi connectivity index (χ0n) is 5.89. The van der Waals surface area contributed by atoms with Crippen LogP contribution in [-0.2, 0) is 0 Å². The minimum Gasteiger partial charge on any atom is -1.00 e. The molecule has 1 heterocycles. The summed E-state index contributed by atoms with van der Waals surface area (Å²) in [4.78, 5) is 6.13. The zero-order valence-corrected chi connectivity index (χ0v) is 4.89. The van der Waals surface area contributed by atoms with Crippen molar-refractivity contribution in [2.75, 3.05) is 0 Å². The Balaban J connectivity index is 0.000000500. The van der Waals surface area contributed by atoms with Crippen LogP contribution in [0, 0.1) is 0 Å². The predicted molar refractivity (Wildman–Crippen MR) is 36.0 cm³/mol. The molecule has 0 aliphatic carbocycles. The average molecular weight is 120 g/mol. The second-order valence-corrected chi connectivity index (χ2v) is 1.98. The molecule has 2 aromatic rings. The minimum atomic E-state index is 0. The van der Waals surface area contributed by atoms with Crippen LogP contribution in [0.25, 0.3) is 11.0 Å². The molecule has 2 heteroatoms. The summed E-state index contributed by atoms with van der Waals surface area (Å²) in [5.41, 5.74) is 2.30. The lowest BCUT2D eigenvalue weighted by Gasteiger charge is -1.76. The van der Waals surface area contributed by atoms with E-state index in [4.69, 9.17) is 0 Å². The summed E-state index contributed by atoms with van der Waals surface area (Å²) in [5.74, 6) is 0. The number of rotatable bonds is 0. The number of aromatic nitrogens is 2. The molecule has 0 spiro atoms. The van der Waals surface area contributed by atoms with Crippen LogP contribution in [0.1, 0.15) is 1.43 Å². The maximum absolute atomic E-state index is 3.06. The van der Waals surface area contributed by atoms with Gasteiger partial charge in [-0.2, -0.15) is 0 Å². The number of fused-ring (bicyclic) bond motifs is 1. The normalized spacial score (nSPS) is 10.2. The van der Waals surface area contributed by atoms with Gasteiger partial charge in [-0.15, -0.1) is 0 Å². The zero-order chi connectivity index (χ0) is 6.10.